The van der Waals surface area contributed by atoms with Crippen LogP contribution in [0.15, 0.2) is 30.3 Å². The van der Waals surface area contributed by atoms with E-state index < -0.39 is 5.60 Å². The summed E-state index contributed by atoms with van der Waals surface area (Å²) in [5.41, 5.74) is 0.883. The molecule has 1 aromatic rings. The molecule has 1 heterocycles. The molecular weight excluding hydrogens is 224 g/mol. The summed E-state index contributed by atoms with van der Waals surface area (Å²) in [5, 5.41) is 13.5. The standard InChI is InChI=1S/C15H24N2O/c1-17(13-15(18)9-10-16-12-15)11-5-8-14-6-3-2-4-7-14/h2-4,6-7,16,18H,5,8-13H2,1H3. The summed E-state index contributed by atoms with van der Waals surface area (Å²) in [6.45, 7) is 3.48. The van der Waals surface area contributed by atoms with Gasteiger partial charge in [-0.2, -0.15) is 0 Å². The van der Waals surface area contributed by atoms with Crippen molar-refractivity contribution in [2.45, 2.75) is 24.9 Å². The zero-order valence-corrected chi connectivity index (χ0v) is 11.2. The molecule has 1 aromatic carbocycles. The number of β-amino-alcohol motifs (C(OH)–C–C–N with tert-alkyl or cyclic N) is 1. The van der Waals surface area contributed by atoms with Gasteiger partial charge in [0.1, 0.15) is 0 Å². The van der Waals surface area contributed by atoms with E-state index in [0.29, 0.717) is 0 Å². The molecule has 100 valence electrons. The number of nitrogens with zero attached hydrogens (tertiary/aromatic N) is 1. The number of nitrogens with one attached hydrogen (secondary N) is 1. The maximum atomic E-state index is 10.3. The average Bonchev–Trinajstić information content (AvgIpc) is 2.77. The SMILES string of the molecule is CN(CCCc1ccccc1)CC1(O)CCNC1. The number of aliphatic hydroxyl groups is 1. The molecule has 3 heteroatoms. The van der Waals surface area contributed by atoms with Gasteiger partial charge in [-0.05, 0) is 45.0 Å². The third-order valence-corrected chi connectivity index (χ3v) is 3.63. The van der Waals surface area contributed by atoms with Crippen molar-refractivity contribution < 1.29 is 5.11 Å². The molecule has 2 rings (SSSR count). The molecule has 1 fully saturated rings. The zero-order chi connectivity index (χ0) is 12.8. The summed E-state index contributed by atoms with van der Waals surface area (Å²) in [4.78, 5) is 2.25. The highest BCUT2D eigenvalue weighted by Crippen LogP contribution is 2.15. The largest absolute Gasteiger partial charge is 0.387 e. The summed E-state index contributed by atoms with van der Waals surface area (Å²) in [7, 11) is 2.10. The predicted octanol–water partition coefficient (Wildman–Crippen LogP) is 1.28. The van der Waals surface area contributed by atoms with Crippen LogP contribution in [0, 0.1) is 0 Å². The van der Waals surface area contributed by atoms with Gasteiger partial charge in [-0.1, -0.05) is 30.3 Å². The predicted molar refractivity (Wildman–Crippen MR) is 74.7 cm³/mol. The molecule has 1 aliphatic heterocycles. The molecule has 0 saturated carbocycles. The van der Waals surface area contributed by atoms with E-state index in [1.54, 1.807) is 0 Å². The minimum Gasteiger partial charge on any atom is -0.387 e. The molecule has 0 amide bonds. The van der Waals surface area contributed by atoms with Crippen LogP contribution in [0.1, 0.15) is 18.4 Å². The number of benzene rings is 1. The molecule has 18 heavy (non-hydrogen) atoms. The molecular formula is C15H24N2O. The second kappa shape index (κ2) is 6.32. The first kappa shape index (κ1) is 13.5. The third kappa shape index (κ3) is 4.09. The maximum absolute atomic E-state index is 10.3. The molecule has 1 atom stereocenters. The van der Waals surface area contributed by atoms with Gasteiger partial charge in [-0.3, -0.25) is 0 Å². The van der Waals surface area contributed by atoms with Gasteiger partial charge in [-0.25, -0.2) is 0 Å². The normalized spacial score (nSPS) is 23.7. The van der Waals surface area contributed by atoms with Gasteiger partial charge in [0.05, 0.1) is 5.60 Å². The highest BCUT2D eigenvalue weighted by atomic mass is 16.3. The molecule has 0 bridgehead atoms. The van der Waals surface area contributed by atoms with Crippen molar-refractivity contribution in [1.29, 1.82) is 0 Å². The molecule has 3 nitrogen and oxygen atoms in total. The Kier molecular flexibility index (Phi) is 4.75. The van der Waals surface area contributed by atoms with Crippen LogP contribution >= 0.6 is 0 Å². The Bertz CT molecular complexity index is 347. The Morgan fingerprint density at radius 1 is 1.33 bits per heavy atom. The number of rotatable bonds is 6. The van der Waals surface area contributed by atoms with Crippen molar-refractivity contribution >= 4 is 0 Å². The lowest BCUT2D eigenvalue weighted by Gasteiger charge is -2.27. The minimum atomic E-state index is -0.512. The van der Waals surface area contributed by atoms with Gasteiger partial charge < -0.3 is 15.3 Å². The monoisotopic (exact) mass is 248 g/mol. The summed E-state index contributed by atoms with van der Waals surface area (Å²) in [5.74, 6) is 0. The van der Waals surface area contributed by atoms with Crippen LogP contribution in [0.3, 0.4) is 0 Å². The van der Waals surface area contributed by atoms with Gasteiger partial charge in [-0.15, -0.1) is 0 Å². The lowest BCUT2D eigenvalue weighted by atomic mass is 10.0. The van der Waals surface area contributed by atoms with Crippen LogP contribution in [0.5, 0.6) is 0 Å². The van der Waals surface area contributed by atoms with Crippen molar-refractivity contribution in [2.24, 2.45) is 0 Å². The van der Waals surface area contributed by atoms with Crippen LogP contribution in [0.25, 0.3) is 0 Å². The van der Waals surface area contributed by atoms with Gasteiger partial charge in [0.25, 0.3) is 0 Å². The van der Waals surface area contributed by atoms with E-state index in [4.69, 9.17) is 0 Å². The maximum Gasteiger partial charge on any atom is 0.0909 e. The van der Waals surface area contributed by atoms with Crippen LogP contribution < -0.4 is 5.32 Å². The fraction of sp³-hybridized carbons (Fsp3) is 0.600. The first-order chi connectivity index (χ1) is 8.68. The topological polar surface area (TPSA) is 35.5 Å². The van der Waals surface area contributed by atoms with Gasteiger partial charge in [0, 0.05) is 13.1 Å². The third-order valence-electron chi connectivity index (χ3n) is 3.63. The number of hydrogen-bond donors (Lipinski definition) is 2. The van der Waals surface area contributed by atoms with Crippen molar-refractivity contribution in [1.82, 2.24) is 10.2 Å². The Morgan fingerprint density at radius 2 is 2.11 bits per heavy atom. The molecule has 1 aliphatic rings. The smallest absolute Gasteiger partial charge is 0.0909 e. The van der Waals surface area contributed by atoms with E-state index in [2.05, 4.69) is 47.6 Å². The summed E-state index contributed by atoms with van der Waals surface area (Å²) in [6, 6.07) is 10.6. The summed E-state index contributed by atoms with van der Waals surface area (Å²) >= 11 is 0. The number of hydrogen-bond acceptors (Lipinski definition) is 3. The number of likely N-dealkylation sites (N-methyl/N-ethyl adjacent to an activating group) is 1. The van der Waals surface area contributed by atoms with Gasteiger partial charge >= 0.3 is 0 Å². The second-order valence-electron chi connectivity index (χ2n) is 5.48. The van der Waals surface area contributed by atoms with Crippen LogP contribution in [-0.2, 0) is 6.42 Å². The zero-order valence-electron chi connectivity index (χ0n) is 11.2. The first-order valence-corrected chi connectivity index (χ1v) is 6.84. The van der Waals surface area contributed by atoms with E-state index in [-0.39, 0.29) is 0 Å². The highest BCUT2D eigenvalue weighted by Gasteiger charge is 2.31. The van der Waals surface area contributed by atoms with Crippen molar-refractivity contribution in [3.8, 4) is 0 Å². The summed E-state index contributed by atoms with van der Waals surface area (Å²) in [6.07, 6.45) is 3.13. The quantitative estimate of drug-likeness (QED) is 0.796. The molecule has 0 spiro atoms. The van der Waals surface area contributed by atoms with Crippen LogP contribution in [0.4, 0.5) is 0 Å². The molecule has 1 saturated heterocycles. The Balaban J connectivity index is 1.67. The Labute approximate surface area is 110 Å². The second-order valence-corrected chi connectivity index (χ2v) is 5.48. The lowest BCUT2D eigenvalue weighted by Crippen LogP contribution is -2.43. The van der Waals surface area contributed by atoms with E-state index in [1.165, 1.54) is 5.56 Å². The average molecular weight is 248 g/mol. The van der Waals surface area contributed by atoms with E-state index in [0.717, 1.165) is 45.4 Å². The van der Waals surface area contributed by atoms with Crippen LogP contribution in [0.2, 0.25) is 0 Å². The molecule has 0 aromatic heterocycles. The summed E-state index contributed by atoms with van der Waals surface area (Å²) < 4.78 is 0. The van der Waals surface area contributed by atoms with Gasteiger partial charge in [0.2, 0.25) is 0 Å². The van der Waals surface area contributed by atoms with Crippen molar-refractivity contribution in [3.63, 3.8) is 0 Å². The van der Waals surface area contributed by atoms with Crippen molar-refractivity contribution in [3.05, 3.63) is 35.9 Å². The lowest BCUT2D eigenvalue weighted by molar-refractivity contribution is 0.0282. The molecule has 1 unspecified atom stereocenters. The molecule has 0 radical (unpaired) electrons. The van der Waals surface area contributed by atoms with Crippen molar-refractivity contribution in [2.75, 3.05) is 33.2 Å². The fourth-order valence-corrected chi connectivity index (χ4v) is 2.64. The van der Waals surface area contributed by atoms with Crippen LogP contribution in [-0.4, -0.2) is 48.8 Å². The minimum absolute atomic E-state index is 0.512. The Morgan fingerprint density at radius 3 is 2.78 bits per heavy atom. The molecule has 0 aliphatic carbocycles. The van der Waals surface area contributed by atoms with E-state index in [9.17, 15) is 5.11 Å². The first-order valence-electron chi connectivity index (χ1n) is 6.84. The molecule has 2 N–H and O–H groups in total. The van der Waals surface area contributed by atoms with E-state index >= 15 is 0 Å². The number of aryl methyl sites for hydroxylation is 1. The Hall–Kier alpha value is -0.900. The fourth-order valence-electron chi connectivity index (χ4n) is 2.64. The van der Waals surface area contributed by atoms with E-state index in [1.807, 2.05) is 0 Å². The highest BCUT2D eigenvalue weighted by molar-refractivity contribution is 5.14. The van der Waals surface area contributed by atoms with Gasteiger partial charge in [0.15, 0.2) is 0 Å².